The van der Waals surface area contributed by atoms with E-state index in [2.05, 4.69) is 21.4 Å². The molecule has 0 fully saturated rings. The summed E-state index contributed by atoms with van der Waals surface area (Å²) >= 11 is 1.71. The summed E-state index contributed by atoms with van der Waals surface area (Å²) in [6.07, 6.45) is 3.32. The first-order chi connectivity index (χ1) is 11.8. The number of para-hydroxylation sites is 1. The molecular formula is C18H19N3O2S. The van der Waals surface area contributed by atoms with Gasteiger partial charge in [-0.2, -0.15) is 0 Å². The molecule has 0 aliphatic heterocycles. The van der Waals surface area contributed by atoms with Gasteiger partial charge in [-0.1, -0.05) is 12.1 Å². The quantitative estimate of drug-likeness (QED) is 0.669. The van der Waals surface area contributed by atoms with Gasteiger partial charge in [-0.25, -0.2) is 9.97 Å². The summed E-state index contributed by atoms with van der Waals surface area (Å²) < 4.78 is 6.59. The SMILES string of the molecule is CCOc1ncccc1C(=O)NCCCc1nc2ccccc2s1. The van der Waals surface area contributed by atoms with E-state index in [9.17, 15) is 4.79 Å². The number of amides is 1. The highest BCUT2D eigenvalue weighted by atomic mass is 32.1. The van der Waals surface area contributed by atoms with Crippen molar-refractivity contribution in [2.45, 2.75) is 19.8 Å². The predicted octanol–water partition coefficient (Wildman–Crippen LogP) is 3.45. The van der Waals surface area contributed by atoms with Gasteiger partial charge >= 0.3 is 0 Å². The second kappa shape index (κ2) is 7.88. The maximum absolute atomic E-state index is 12.2. The monoisotopic (exact) mass is 341 g/mol. The molecule has 24 heavy (non-hydrogen) atoms. The largest absolute Gasteiger partial charge is 0.477 e. The second-order valence-corrected chi connectivity index (χ2v) is 6.34. The van der Waals surface area contributed by atoms with Crippen molar-refractivity contribution in [2.24, 2.45) is 0 Å². The van der Waals surface area contributed by atoms with Crippen LogP contribution in [0.2, 0.25) is 0 Å². The van der Waals surface area contributed by atoms with Gasteiger partial charge in [-0.05, 0) is 37.6 Å². The summed E-state index contributed by atoms with van der Waals surface area (Å²) in [5, 5.41) is 4.02. The topological polar surface area (TPSA) is 64.1 Å². The number of aryl methyl sites for hydroxylation is 1. The molecule has 0 aliphatic rings. The zero-order valence-electron chi connectivity index (χ0n) is 13.5. The lowest BCUT2D eigenvalue weighted by Crippen LogP contribution is -2.25. The minimum atomic E-state index is -0.157. The Morgan fingerprint density at radius 1 is 1.25 bits per heavy atom. The number of hydrogen-bond acceptors (Lipinski definition) is 5. The van der Waals surface area contributed by atoms with Crippen LogP contribution in [0.15, 0.2) is 42.6 Å². The minimum absolute atomic E-state index is 0.157. The van der Waals surface area contributed by atoms with Crippen LogP contribution in [0.25, 0.3) is 10.2 Å². The fraction of sp³-hybridized carbons (Fsp3) is 0.278. The van der Waals surface area contributed by atoms with Crippen LogP contribution in [0.4, 0.5) is 0 Å². The van der Waals surface area contributed by atoms with E-state index in [-0.39, 0.29) is 5.91 Å². The Kier molecular flexibility index (Phi) is 5.38. The Morgan fingerprint density at radius 2 is 2.12 bits per heavy atom. The number of fused-ring (bicyclic) bond motifs is 1. The van der Waals surface area contributed by atoms with Crippen molar-refractivity contribution >= 4 is 27.5 Å². The van der Waals surface area contributed by atoms with Crippen LogP contribution < -0.4 is 10.1 Å². The van der Waals surface area contributed by atoms with Crippen LogP contribution in [0.3, 0.4) is 0 Å². The molecule has 6 heteroatoms. The zero-order chi connectivity index (χ0) is 16.8. The summed E-state index contributed by atoms with van der Waals surface area (Å²) in [6.45, 7) is 2.94. The van der Waals surface area contributed by atoms with Crippen molar-refractivity contribution in [2.75, 3.05) is 13.2 Å². The Bertz CT molecular complexity index is 799. The van der Waals surface area contributed by atoms with Gasteiger partial charge in [0.25, 0.3) is 5.91 Å². The number of carbonyl (C=O) groups excluding carboxylic acids is 1. The van der Waals surface area contributed by atoms with E-state index in [1.54, 1.807) is 29.7 Å². The van der Waals surface area contributed by atoms with Crippen LogP contribution in [0.1, 0.15) is 28.7 Å². The molecule has 0 bridgehead atoms. The number of rotatable bonds is 7. The number of thiazole rings is 1. The minimum Gasteiger partial charge on any atom is -0.477 e. The molecule has 1 N–H and O–H groups in total. The highest BCUT2D eigenvalue weighted by molar-refractivity contribution is 7.18. The lowest BCUT2D eigenvalue weighted by atomic mass is 10.2. The van der Waals surface area contributed by atoms with Crippen molar-refractivity contribution in [1.82, 2.24) is 15.3 Å². The van der Waals surface area contributed by atoms with Crippen molar-refractivity contribution < 1.29 is 9.53 Å². The number of nitrogens with one attached hydrogen (secondary N) is 1. The third-order valence-electron chi connectivity index (χ3n) is 3.49. The van der Waals surface area contributed by atoms with E-state index in [4.69, 9.17) is 4.74 Å². The maximum atomic E-state index is 12.2. The maximum Gasteiger partial charge on any atom is 0.256 e. The number of carbonyl (C=O) groups is 1. The molecule has 0 unspecified atom stereocenters. The Balaban J connectivity index is 1.52. The normalized spacial score (nSPS) is 10.7. The van der Waals surface area contributed by atoms with E-state index >= 15 is 0 Å². The summed E-state index contributed by atoms with van der Waals surface area (Å²) in [4.78, 5) is 20.9. The van der Waals surface area contributed by atoms with Gasteiger partial charge in [0.1, 0.15) is 5.56 Å². The first-order valence-electron chi connectivity index (χ1n) is 7.98. The third-order valence-corrected chi connectivity index (χ3v) is 4.58. The van der Waals surface area contributed by atoms with Crippen LogP contribution in [0, 0.1) is 0 Å². The molecule has 1 amide bonds. The molecule has 124 valence electrons. The lowest BCUT2D eigenvalue weighted by molar-refractivity contribution is 0.0948. The fourth-order valence-electron chi connectivity index (χ4n) is 2.38. The molecule has 1 aromatic carbocycles. The number of hydrogen-bond donors (Lipinski definition) is 1. The molecule has 5 nitrogen and oxygen atoms in total. The van der Waals surface area contributed by atoms with Crippen LogP contribution in [-0.4, -0.2) is 29.0 Å². The smallest absolute Gasteiger partial charge is 0.256 e. The molecule has 0 saturated heterocycles. The van der Waals surface area contributed by atoms with Crippen LogP contribution in [-0.2, 0) is 6.42 Å². The van der Waals surface area contributed by atoms with Crippen molar-refractivity contribution in [3.05, 3.63) is 53.2 Å². The highest BCUT2D eigenvalue weighted by Crippen LogP contribution is 2.22. The second-order valence-electron chi connectivity index (χ2n) is 5.22. The standard InChI is InChI=1S/C18H19N3O2S/c1-2-23-18-13(7-5-12-20-18)17(22)19-11-6-10-16-21-14-8-3-4-9-15(14)24-16/h3-5,7-9,12H,2,6,10-11H2,1H3,(H,19,22). The van der Waals surface area contributed by atoms with E-state index in [1.165, 1.54) is 4.70 Å². The molecule has 0 radical (unpaired) electrons. The van der Waals surface area contributed by atoms with Crippen molar-refractivity contribution in [1.29, 1.82) is 0 Å². The fourth-order valence-corrected chi connectivity index (χ4v) is 3.39. The highest BCUT2D eigenvalue weighted by Gasteiger charge is 2.12. The molecule has 3 aromatic rings. The average Bonchev–Trinajstić information content (AvgIpc) is 3.02. The third kappa shape index (κ3) is 3.89. The molecule has 0 aliphatic carbocycles. The van der Waals surface area contributed by atoms with Gasteiger partial charge in [-0.15, -0.1) is 11.3 Å². The summed E-state index contributed by atoms with van der Waals surface area (Å²) in [6, 6.07) is 11.6. The summed E-state index contributed by atoms with van der Waals surface area (Å²) in [5.41, 5.74) is 1.51. The van der Waals surface area contributed by atoms with Gasteiger partial charge in [0.15, 0.2) is 0 Å². The van der Waals surface area contributed by atoms with Gasteiger partial charge < -0.3 is 10.1 Å². The van der Waals surface area contributed by atoms with E-state index in [0.717, 1.165) is 23.4 Å². The molecule has 2 aromatic heterocycles. The number of benzene rings is 1. The first kappa shape index (κ1) is 16.4. The molecule has 0 saturated carbocycles. The summed E-state index contributed by atoms with van der Waals surface area (Å²) in [5.74, 6) is 0.222. The van der Waals surface area contributed by atoms with E-state index < -0.39 is 0 Å². The lowest BCUT2D eigenvalue weighted by Gasteiger charge is -2.08. The average molecular weight is 341 g/mol. The van der Waals surface area contributed by atoms with Crippen LogP contribution in [0.5, 0.6) is 5.88 Å². The predicted molar refractivity (Wildman–Crippen MR) is 95.7 cm³/mol. The van der Waals surface area contributed by atoms with Gasteiger partial charge in [0.05, 0.1) is 21.8 Å². The summed E-state index contributed by atoms with van der Waals surface area (Å²) in [7, 11) is 0. The Labute approximate surface area is 144 Å². The van der Waals surface area contributed by atoms with Gasteiger partial charge in [0, 0.05) is 19.2 Å². The molecular weight excluding hydrogens is 322 g/mol. The van der Waals surface area contributed by atoms with Gasteiger partial charge in [-0.3, -0.25) is 4.79 Å². The Morgan fingerprint density at radius 3 is 2.96 bits per heavy atom. The van der Waals surface area contributed by atoms with Crippen molar-refractivity contribution in [3.8, 4) is 5.88 Å². The first-order valence-corrected chi connectivity index (χ1v) is 8.80. The number of pyridine rings is 1. The zero-order valence-corrected chi connectivity index (χ0v) is 14.3. The number of aromatic nitrogens is 2. The number of nitrogens with zero attached hydrogens (tertiary/aromatic N) is 2. The molecule has 3 rings (SSSR count). The Hall–Kier alpha value is -2.47. The van der Waals surface area contributed by atoms with Crippen LogP contribution >= 0.6 is 11.3 Å². The van der Waals surface area contributed by atoms with E-state index in [1.807, 2.05) is 25.1 Å². The molecule has 0 spiro atoms. The van der Waals surface area contributed by atoms with Gasteiger partial charge in [0.2, 0.25) is 5.88 Å². The van der Waals surface area contributed by atoms with E-state index in [0.29, 0.717) is 24.6 Å². The number of ether oxygens (including phenoxy) is 1. The molecule has 2 heterocycles. The van der Waals surface area contributed by atoms with Crippen molar-refractivity contribution in [3.63, 3.8) is 0 Å². The molecule has 0 atom stereocenters.